The maximum absolute atomic E-state index is 10.2. The van der Waals surface area contributed by atoms with Crippen LogP contribution in [0.5, 0.6) is 0 Å². The Morgan fingerprint density at radius 2 is 2.30 bits per heavy atom. The van der Waals surface area contributed by atoms with Gasteiger partial charge in [-0.3, -0.25) is 9.54 Å². The second-order valence-electron chi connectivity index (χ2n) is 1.84. The van der Waals surface area contributed by atoms with Crippen LogP contribution < -0.4 is 4.57 Å². The maximum Gasteiger partial charge on any atom is 0.304 e. The Morgan fingerprint density at radius 3 is 2.70 bits per heavy atom. The molecule has 0 aliphatic rings. The van der Waals surface area contributed by atoms with Crippen LogP contribution in [0.15, 0.2) is 18.7 Å². The van der Waals surface area contributed by atoms with Crippen LogP contribution in [0.2, 0.25) is 0 Å². The summed E-state index contributed by atoms with van der Waals surface area (Å²) in [6.07, 6.45) is 4.51. The summed E-state index contributed by atoms with van der Waals surface area (Å²) in [5, 5.41) is 0. The van der Waals surface area contributed by atoms with Crippen molar-refractivity contribution >= 4 is 10.1 Å². The van der Waals surface area contributed by atoms with Crippen molar-refractivity contribution in [3.8, 4) is 0 Å². The molecule has 6 heteroatoms. The highest BCUT2D eigenvalue weighted by molar-refractivity contribution is 7.84. The lowest BCUT2D eigenvalue weighted by molar-refractivity contribution is -0.676. The number of rotatable bonds is 2. The van der Waals surface area contributed by atoms with Gasteiger partial charge in [0, 0.05) is 0 Å². The van der Waals surface area contributed by atoms with Crippen LogP contribution in [0.4, 0.5) is 0 Å². The van der Waals surface area contributed by atoms with E-state index in [1.54, 1.807) is 6.20 Å². The van der Waals surface area contributed by atoms with Crippen LogP contribution in [0.3, 0.4) is 0 Å². The summed E-state index contributed by atoms with van der Waals surface area (Å²) in [6.45, 7) is 0. The van der Waals surface area contributed by atoms with Gasteiger partial charge >= 0.3 is 10.1 Å². The second kappa shape index (κ2) is 2.39. The number of nitrogens with zero attached hydrogens (tertiary/aromatic N) is 1. The molecule has 0 aliphatic heterocycles. The van der Waals surface area contributed by atoms with Gasteiger partial charge in [0.25, 0.3) is 0 Å². The zero-order valence-electron chi connectivity index (χ0n) is 5.06. The lowest BCUT2D eigenvalue weighted by Gasteiger charge is -1.88. The molecule has 0 bridgehead atoms. The van der Waals surface area contributed by atoms with Gasteiger partial charge in [0.2, 0.25) is 12.2 Å². The van der Waals surface area contributed by atoms with Crippen molar-refractivity contribution in [2.24, 2.45) is 0 Å². The molecule has 1 heterocycles. The fourth-order valence-electron chi connectivity index (χ4n) is 0.589. The van der Waals surface area contributed by atoms with E-state index in [1.807, 2.05) is 0 Å². The molecule has 1 aromatic rings. The first kappa shape index (κ1) is 7.23. The molecule has 0 aromatic carbocycles. The third-order valence-corrected chi connectivity index (χ3v) is 1.54. The van der Waals surface area contributed by atoms with Crippen molar-refractivity contribution in [1.29, 1.82) is 0 Å². The Hall–Kier alpha value is -0.880. The Labute approximate surface area is 58.1 Å². The quantitative estimate of drug-likeness (QED) is 0.440. The molecule has 5 nitrogen and oxygen atoms in total. The number of hydrogen-bond acceptors (Lipinski definition) is 2. The summed E-state index contributed by atoms with van der Waals surface area (Å²) in [5.74, 6) is -0.406. The second-order valence-corrected chi connectivity index (χ2v) is 3.26. The Balaban J connectivity index is 2.75. The van der Waals surface area contributed by atoms with E-state index < -0.39 is 16.0 Å². The molecule has 2 N–H and O–H groups in total. The lowest BCUT2D eigenvalue weighted by Crippen LogP contribution is -2.34. The zero-order chi connectivity index (χ0) is 7.61. The first-order valence-electron chi connectivity index (χ1n) is 2.55. The molecule has 0 aliphatic carbocycles. The van der Waals surface area contributed by atoms with Crippen molar-refractivity contribution < 1.29 is 17.5 Å². The predicted octanol–water partition coefficient (Wildman–Crippen LogP) is -0.853. The van der Waals surface area contributed by atoms with Gasteiger partial charge in [-0.2, -0.15) is 8.42 Å². The summed E-state index contributed by atoms with van der Waals surface area (Å²) < 4.78 is 30.1. The first-order chi connectivity index (χ1) is 4.58. The number of H-pyrrole nitrogens is 1. The van der Waals surface area contributed by atoms with E-state index in [0.29, 0.717) is 0 Å². The zero-order valence-corrected chi connectivity index (χ0v) is 5.87. The topological polar surface area (TPSA) is 74.0 Å². The number of imidazole rings is 1. The fourth-order valence-corrected chi connectivity index (χ4v) is 1.13. The smallest absolute Gasteiger partial charge is 0.283 e. The largest absolute Gasteiger partial charge is 0.304 e. The van der Waals surface area contributed by atoms with Gasteiger partial charge in [0.1, 0.15) is 12.4 Å². The third kappa shape index (κ3) is 2.16. The van der Waals surface area contributed by atoms with E-state index in [-0.39, 0.29) is 0 Å². The molecule has 0 fully saturated rings. The van der Waals surface area contributed by atoms with Crippen molar-refractivity contribution in [2.45, 2.75) is 5.88 Å². The molecule has 0 amide bonds. The molecule has 10 heavy (non-hydrogen) atoms. The molecular weight excluding hydrogens is 156 g/mol. The van der Waals surface area contributed by atoms with Gasteiger partial charge in [-0.25, -0.2) is 4.57 Å². The molecule has 0 spiro atoms. The van der Waals surface area contributed by atoms with Crippen molar-refractivity contribution in [2.75, 3.05) is 0 Å². The van der Waals surface area contributed by atoms with E-state index in [0.717, 1.165) is 0 Å². The summed E-state index contributed by atoms with van der Waals surface area (Å²) in [7, 11) is -3.90. The van der Waals surface area contributed by atoms with Crippen molar-refractivity contribution in [3.05, 3.63) is 18.7 Å². The average molecular weight is 163 g/mol. The molecule has 1 aromatic heterocycles. The predicted molar refractivity (Wildman–Crippen MR) is 32.5 cm³/mol. The van der Waals surface area contributed by atoms with Crippen LogP contribution in [-0.4, -0.2) is 18.0 Å². The van der Waals surface area contributed by atoms with Gasteiger partial charge in [0.15, 0.2) is 0 Å². The molecule has 0 radical (unpaired) electrons. The van der Waals surface area contributed by atoms with E-state index in [4.69, 9.17) is 4.55 Å². The molecule has 0 saturated heterocycles. The monoisotopic (exact) mass is 163 g/mol. The molecule has 0 saturated carbocycles. The van der Waals surface area contributed by atoms with Crippen molar-refractivity contribution in [1.82, 2.24) is 4.98 Å². The normalized spacial score (nSPS) is 11.7. The minimum absolute atomic E-state index is 0.406. The van der Waals surface area contributed by atoms with E-state index in [1.165, 1.54) is 17.1 Å². The lowest BCUT2D eigenvalue weighted by atomic mass is 10.9. The van der Waals surface area contributed by atoms with Gasteiger partial charge in [-0.15, -0.1) is 0 Å². The number of hydrogen-bond donors (Lipinski definition) is 2. The van der Waals surface area contributed by atoms with Crippen molar-refractivity contribution in [3.63, 3.8) is 0 Å². The van der Waals surface area contributed by atoms with Gasteiger partial charge in [0.05, 0.1) is 0 Å². The molecule has 0 unspecified atom stereocenters. The average Bonchev–Trinajstić information content (AvgIpc) is 2.12. The first-order valence-corrected chi connectivity index (χ1v) is 4.16. The summed E-state index contributed by atoms with van der Waals surface area (Å²) in [5.41, 5.74) is 0. The standard InChI is InChI=1S/C4H6N2O3S/c7-10(8,9)4-6-2-1-5-3-6/h1-3H,4H2,(H,7,8,9)/p+1. The maximum atomic E-state index is 10.2. The van der Waals surface area contributed by atoms with Gasteiger partial charge in [-0.1, -0.05) is 0 Å². The SMILES string of the molecule is O=S(=O)(O)C[n+]1cc[nH]c1. The summed E-state index contributed by atoms with van der Waals surface area (Å²) >= 11 is 0. The fraction of sp³-hybridized carbons (Fsp3) is 0.250. The van der Waals surface area contributed by atoms with Gasteiger partial charge in [-0.05, 0) is 0 Å². The Kier molecular flexibility index (Phi) is 1.73. The van der Waals surface area contributed by atoms with Gasteiger partial charge < -0.3 is 0 Å². The number of aromatic nitrogens is 2. The van der Waals surface area contributed by atoms with E-state index in [2.05, 4.69) is 4.98 Å². The highest BCUT2D eigenvalue weighted by atomic mass is 32.2. The molecular formula is C4H7N2O3S+. The number of aromatic amines is 1. The molecule has 1 rings (SSSR count). The Bertz CT molecular complexity index is 288. The minimum Gasteiger partial charge on any atom is -0.283 e. The molecule has 56 valence electrons. The third-order valence-electron chi connectivity index (χ3n) is 0.915. The minimum atomic E-state index is -3.90. The van der Waals surface area contributed by atoms with Crippen LogP contribution in [0.25, 0.3) is 0 Å². The van der Waals surface area contributed by atoms with Crippen LogP contribution in [-0.2, 0) is 16.0 Å². The van der Waals surface area contributed by atoms with E-state index >= 15 is 0 Å². The highest BCUT2D eigenvalue weighted by Crippen LogP contribution is 1.79. The highest BCUT2D eigenvalue weighted by Gasteiger charge is 2.08. The van der Waals surface area contributed by atoms with Crippen LogP contribution in [0, 0.1) is 0 Å². The Morgan fingerprint density at radius 1 is 1.60 bits per heavy atom. The number of nitrogens with one attached hydrogen (secondary N) is 1. The summed E-state index contributed by atoms with van der Waals surface area (Å²) in [6, 6.07) is 0. The van der Waals surface area contributed by atoms with Crippen LogP contribution >= 0.6 is 0 Å². The van der Waals surface area contributed by atoms with E-state index in [9.17, 15) is 8.42 Å². The van der Waals surface area contributed by atoms with Crippen LogP contribution in [0.1, 0.15) is 0 Å². The summed E-state index contributed by atoms with van der Waals surface area (Å²) in [4.78, 5) is 2.64. The molecule has 0 atom stereocenters.